The van der Waals surface area contributed by atoms with Gasteiger partial charge in [0.15, 0.2) is 0 Å². The van der Waals surface area contributed by atoms with Gasteiger partial charge in [-0.2, -0.15) is 0 Å². The minimum Gasteiger partial charge on any atom is -0.480 e. The fraction of sp³-hybridized carbons (Fsp3) is 0.348. The van der Waals surface area contributed by atoms with Gasteiger partial charge in [-0.05, 0) is 34.6 Å². The molecule has 8 heteroatoms. The molecule has 2 aliphatic rings. The summed E-state index contributed by atoms with van der Waals surface area (Å²) in [5, 5.41) is 22.9. The molecular weight excluding hydrogens is 400 g/mol. The number of aliphatic hydroxyl groups is 1. The van der Waals surface area contributed by atoms with Crippen LogP contribution in [0.25, 0.3) is 11.1 Å². The number of benzene rings is 2. The number of rotatable bonds is 8. The summed E-state index contributed by atoms with van der Waals surface area (Å²) in [5.41, 5.74) is 4.57. The Bertz CT molecular complexity index is 962. The second kappa shape index (κ2) is 8.77. The SMILES string of the molecule is O=C(NC[C@H]1C[C@H]1C(=O)N[C@@H](CO)C(=O)O)OCC1c2ccccc2-c2ccccc21. The highest BCUT2D eigenvalue weighted by Gasteiger charge is 2.44. The Kier molecular flexibility index (Phi) is 5.90. The van der Waals surface area contributed by atoms with Crippen molar-refractivity contribution in [3.63, 3.8) is 0 Å². The van der Waals surface area contributed by atoms with Gasteiger partial charge < -0.3 is 25.6 Å². The van der Waals surface area contributed by atoms with E-state index in [0.29, 0.717) is 6.42 Å². The molecule has 2 aromatic rings. The molecule has 0 radical (unpaired) electrons. The molecule has 0 bridgehead atoms. The van der Waals surface area contributed by atoms with E-state index >= 15 is 0 Å². The number of nitrogens with one attached hydrogen (secondary N) is 2. The number of aliphatic carboxylic acids is 1. The maximum Gasteiger partial charge on any atom is 0.407 e. The van der Waals surface area contributed by atoms with E-state index in [1.165, 1.54) is 0 Å². The molecular formula is C23H24N2O6. The molecule has 4 N–H and O–H groups in total. The van der Waals surface area contributed by atoms with E-state index in [9.17, 15) is 14.4 Å². The topological polar surface area (TPSA) is 125 Å². The number of alkyl carbamates (subject to hydrolysis) is 1. The maximum absolute atomic E-state index is 12.2. The Labute approximate surface area is 179 Å². The molecule has 4 rings (SSSR count). The molecule has 0 unspecified atom stereocenters. The third-order valence-electron chi connectivity index (χ3n) is 5.91. The highest BCUT2D eigenvalue weighted by molar-refractivity contribution is 5.87. The van der Waals surface area contributed by atoms with E-state index in [-0.39, 0.29) is 30.9 Å². The molecule has 0 aromatic heterocycles. The third-order valence-corrected chi connectivity index (χ3v) is 5.91. The third kappa shape index (κ3) is 4.39. The first-order valence-electron chi connectivity index (χ1n) is 10.2. The van der Waals surface area contributed by atoms with Crippen LogP contribution in [0, 0.1) is 11.8 Å². The van der Waals surface area contributed by atoms with E-state index in [1.807, 2.05) is 36.4 Å². The van der Waals surface area contributed by atoms with Crippen LogP contribution >= 0.6 is 0 Å². The van der Waals surface area contributed by atoms with Gasteiger partial charge in [-0.1, -0.05) is 48.5 Å². The number of aliphatic hydroxyl groups excluding tert-OH is 1. The van der Waals surface area contributed by atoms with Crippen molar-refractivity contribution in [2.24, 2.45) is 11.8 Å². The second-order valence-corrected chi connectivity index (χ2v) is 7.89. The summed E-state index contributed by atoms with van der Waals surface area (Å²) in [6.45, 7) is -0.187. The Morgan fingerprint density at radius 3 is 2.23 bits per heavy atom. The Balaban J connectivity index is 1.26. The molecule has 1 fully saturated rings. The van der Waals surface area contributed by atoms with Gasteiger partial charge in [0.2, 0.25) is 5.91 Å². The standard InChI is InChI=1S/C23H24N2O6/c26-11-20(22(28)29)25-21(27)18-9-13(18)10-24-23(30)31-12-19-16-7-3-1-5-14(16)15-6-2-4-8-17(15)19/h1-8,13,18-20,26H,9-12H2,(H,24,30)(H,25,27)(H,28,29)/t13-,18-,20+/m1/s1. The number of carbonyl (C=O) groups excluding carboxylic acids is 2. The van der Waals surface area contributed by atoms with Crippen LogP contribution in [0.4, 0.5) is 4.79 Å². The van der Waals surface area contributed by atoms with Crippen molar-refractivity contribution in [2.75, 3.05) is 19.8 Å². The molecule has 2 amide bonds. The monoisotopic (exact) mass is 424 g/mol. The predicted octanol–water partition coefficient (Wildman–Crippen LogP) is 1.72. The van der Waals surface area contributed by atoms with E-state index in [1.54, 1.807) is 0 Å². The predicted molar refractivity (Wildman–Crippen MR) is 111 cm³/mol. The zero-order valence-corrected chi connectivity index (χ0v) is 16.8. The molecule has 0 aliphatic heterocycles. The van der Waals surface area contributed by atoms with E-state index < -0.39 is 30.6 Å². The highest BCUT2D eigenvalue weighted by atomic mass is 16.5. The van der Waals surface area contributed by atoms with Gasteiger partial charge in [0.25, 0.3) is 0 Å². The van der Waals surface area contributed by atoms with Crippen molar-refractivity contribution < 1.29 is 29.3 Å². The zero-order chi connectivity index (χ0) is 22.0. The number of fused-ring (bicyclic) bond motifs is 3. The average molecular weight is 424 g/mol. The quantitative estimate of drug-likeness (QED) is 0.511. The minimum atomic E-state index is -1.32. The summed E-state index contributed by atoms with van der Waals surface area (Å²) in [4.78, 5) is 35.1. The van der Waals surface area contributed by atoms with Crippen LogP contribution in [0.3, 0.4) is 0 Å². The van der Waals surface area contributed by atoms with Crippen molar-refractivity contribution in [3.05, 3.63) is 59.7 Å². The van der Waals surface area contributed by atoms with Crippen LogP contribution in [-0.4, -0.2) is 54.0 Å². The summed E-state index contributed by atoms with van der Waals surface area (Å²) >= 11 is 0. The lowest BCUT2D eigenvalue weighted by Gasteiger charge is -2.14. The van der Waals surface area contributed by atoms with Crippen molar-refractivity contribution in [3.8, 4) is 11.1 Å². The number of amides is 2. The fourth-order valence-electron chi connectivity index (χ4n) is 4.12. The number of carboxylic acids is 1. The average Bonchev–Trinajstić information content (AvgIpc) is 3.49. The van der Waals surface area contributed by atoms with Crippen LogP contribution in [0.1, 0.15) is 23.5 Å². The number of hydrogen-bond donors (Lipinski definition) is 4. The first-order chi connectivity index (χ1) is 15.0. The van der Waals surface area contributed by atoms with E-state index in [0.717, 1.165) is 22.3 Å². The van der Waals surface area contributed by atoms with E-state index in [4.69, 9.17) is 14.9 Å². The first kappa shape index (κ1) is 20.9. The molecule has 8 nitrogen and oxygen atoms in total. The first-order valence-corrected chi connectivity index (χ1v) is 10.2. The lowest BCUT2D eigenvalue weighted by atomic mass is 9.98. The van der Waals surface area contributed by atoms with Gasteiger partial charge in [0.1, 0.15) is 12.6 Å². The van der Waals surface area contributed by atoms with Crippen molar-refractivity contribution in [2.45, 2.75) is 18.4 Å². The normalized spacial score (nSPS) is 19.6. The zero-order valence-electron chi connectivity index (χ0n) is 16.8. The van der Waals surface area contributed by atoms with Crippen LogP contribution in [0.5, 0.6) is 0 Å². The molecule has 0 saturated heterocycles. The van der Waals surface area contributed by atoms with Crippen LogP contribution in [0.2, 0.25) is 0 Å². The summed E-state index contributed by atoms with van der Waals surface area (Å²) in [7, 11) is 0. The summed E-state index contributed by atoms with van der Waals surface area (Å²) < 4.78 is 5.47. The highest BCUT2D eigenvalue weighted by Crippen LogP contribution is 2.44. The summed E-state index contributed by atoms with van der Waals surface area (Å²) in [6, 6.07) is 14.8. The van der Waals surface area contributed by atoms with Gasteiger partial charge in [-0.15, -0.1) is 0 Å². The van der Waals surface area contributed by atoms with Gasteiger partial charge >= 0.3 is 12.1 Å². The molecule has 2 aromatic carbocycles. The Hall–Kier alpha value is -3.39. The molecule has 2 aliphatic carbocycles. The van der Waals surface area contributed by atoms with Gasteiger partial charge in [0, 0.05) is 18.4 Å². The Morgan fingerprint density at radius 2 is 1.65 bits per heavy atom. The molecule has 3 atom stereocenters. The van der Waals surface area contributed by atoms with Crippen molar-refractivity contribution in [1.82, 2.24) is 10.6 Å². The molecule has 31 heavy (non-hydrogen) atoms. The lowest BCUT2D eigenvalue weighted by Crippen LogP contribution is -2.44. The Morgan fingerprint density at radius 1 is 1.03 bits per heavy atom. The number of hydrogen-bond acceptors (Lipinski definition) is 5. The van der Waals surface area contributed by atoms with E-state index in [2.05, 4.69) is 22.8 Å². The summed E-state index contributed by atoms with van der Waals surface area (Å²) in [5.74, 6) is -2.19. The lowest BCUT2D eigenvalue weighted by molar-refractivity contribution is -0.143. The molecule has 0 heterocycles. The molecule has 0 spiro atoms. The number of ether oxygens (including phenoxy) is 1. The fourth-order valence-corrected chi connectivity index (χ4v) is 4.12. The smallest absolute Gasteiger partial charge is 0.407 e. The largest absolute Gasteiger partial charge is 0.480 e. The summed E-state index contributed by atoms with van der Waals surface area (Å²) in [6.07, 6.45) is -0.000494. The number of carboxylic acid groups (broad SMARTS) is 1. The van der Waals surface area contributed by atoms with Crippen molar-refractivity contribution in [1.29, 1.82) is 0 Å². The van der Waals surface area contributed by atoms with Crippen LogP contribution in [-0.2, 0) is 14.3 Å². The van der Waals surface area contributed by atoms with Crippen LogP contribution in [0.15, 0.2) is 48.5 Å². The van der Waals surface area contributed by atoms with Crippen molar-refractivity contribution >= 4 is 18.0 Å². The number of carbonyl (C=O) groups is 3. The van der Waals surface area contributed by atoms with Gasteiger partial charge in [-0.25, -0.2) is 9.59 Å². The maximum atomic E-state index is 12.2. The second-order valence-electron chi connectivity index (χ2n) is 7.89. The van der Waals surface area contributed by atoms with Crippen LogP contribution < -0.4 is 10.6 Å². The molecule has 1 saturated carbocycles. The molecule has 162 valence electrons. The minimum absolute atomic E-state index is 0.0240. The van der Waals surface area contributed by atoms with Gasteiger partial charge in [-0.3, -0.25) is 4.79 Å². The van der Waals surface area contributed by atoms with Gasteiger partial charge in [0.05, 0.1) is 6.61 Å².